The third kappa shape index (κ3) is 3.08. The van der Waals surface area contributed by atoms with Crippen LogP contribution < -0.4 is 4.72 Å². The highest BCUT2D eigenvalue weighted by Gasteiger charge is 2.23. The van der Waals surface area contributed by atoms with Crippen LogP contribution in [0.3, 0.4) is 0 Å². The molecule has 0 aliphatic heterocycles. The number of carboxylic acids is 1. The first kappa shape index (κ1) is 13.9. The Kier molecular flexibility index (Phi) is 3.83. The molecule has 0 amide bonds. The minimum absolute atomic E-state index is 0.0532. The van der Waals surface area contributed by atoms with Crippen LogP contribution in [0.2, 0.25) is 0 Å². The number of halogens is 1. The van der Waals surface area contributed by atoms with Crippen LogP contribution in [0.4, 0.5) is 5.82 Å². The average molecular weight is 364 g/mol. The molecule has 0 atom stereocenters. The van der Waals surface area contributed by atoms with Gasteiger partial charge in [0, 0.05) is 12.4 Å². The fourth-order valence-corrected chi connectivity index (χ4v) is 4.58. The van der Waals surface area contributed by atoms with Crippen molar-refractivity contribution in [1.82, 2.24) is 9.97 Å². The number of carboxylic acid groups (broad SMARTS) is 1. The Morgan fingerprint density at radius 3 is 2.68 bits per heavy atom. The number of hydrogen-bond donors (Lipinski definition) is 2. The highest BCUT2D eigenvalue weighted by molar-refractivity contribution is 9.11. The van der Waals surface area contributed by atoms with Crippen LogP contribution >= 0.6 is 27.3 Å². The van der Waals surface area contributed by atoms with Gasteiger partial charge in [0.2, 0.25) is 0 Å². The number of anilines is 1. The van der Waals surface area contributed by atoms with E-state index in [-0.39, 0.29) is 19.4 Å². The normalized spacial score (nSPS) is 11.2. The Morgan fingerprint density at radius 1 is 1.42 bits per heavy atom. The lowest BCUT2D eigenvalue weighted by atomic mass is 10.5. The molecule has 0 bridgehead atoms. The zero-order chi connectivity index (χ0) is 14.0. The molecule has 0 spiro atoms. The molecule has 100 valence electrons. The molecular formula is C9H6BrN3O4S2. The predicted octanol–water partition coefficient (Wildman–Crippen LogP) is 1.80. The van der Waals surface area contributed by atoms with E-state index >= 15 is 0 Å². The van der Waals surface area contributed by atoms with Crippen molar-refractivity contribution < 1.29 is 18.3 Å². The minimum atomic E-state index is -3.91. The fraction of sp³-hybridized carbons (Fsp3) is 0. The zero-order valence-electron chi connectivity index (χ0n) is 9.07. The number of aromatic nitrogens is 2. The van der Waals surface area contributed by atoms with Crippen LogP contribution in [-0.4, -0.2) is 29.5 Å². The fourth-order valence-electron chi connectivity index (χ4n) is 1.19. The summed E-state index contributed by atoms with van der Waals surface area (Å²) >= 11 is 3.86. The monoisotopic (exact) mass is 363 g/mol. The predicted molar refractivity (Wildman–Crippen MR) is 71.8 cm³/mol. The van der Waals surface area contributed by atoms with E-state index in [0.29, 0.717) is 0 Å². The van der Waals surface area contributed by atoms with Gasteiger partial charge in [0.25, 0.3) is 10.0 Å². The van der Waals surface area contributed by atoms with Gasteiger partial charge in [0.1, 0.15) is 9.77 Å². The molecule has 0 radical (unpaired) electrons. The van der Waals surface area contributed by atoms with E-state index in [9.17, 15) is 13.2 Å². The van der Waals surface area contributed by atoms with Gasteiger partial charge in [-0.15, -0.1) is 11.3 Å². The van der Waals surface area contributed by atoms with Gasteiger partial charge in [-0.05, 0) is 22.0 Å². The van der Waals surface area contributed by atoms with E-state index in [1.807, 2.05) is 0 Å². The maximum absolute atomic E-state index is 12.1. The highest BCUT2D eigenvalue weighted by Crippen LogP contribution is 2.32. The molecule has 10 heteroatoms. The number of carbonyl (C=O) groups is 1. The van der Waals surface area contributed by atoms with Crippen molar-refractivity contribution in [2.45, 2.75) is 4.90 Å². The third-order valence-corrected chi connectivity index (χ3v) is 5.55. The second kappa shape index (κ2) is 5.23. The highest BCUT2D eigenvalue weighted by atomic mass is 79.9. The maximum Gasteiger partial charge on any atom is 0.345 e. The first-order chi connectivity index (χ1) is 8.90. The number of sulfonamides is 1. The third-order valence-electron chi connectivity index (χ3n) is 1.96. The molecule has 0 aromatic carbocycles. The number of rotatable bonds is 4. The van der Waals surface area contributed by atoms with Gasteiger partial charge in [-0.1, -0.05) is 0 Å². The molecule has 0 saturated heterocycles. The molecule has 2 aromatic heterocycles. The molecule has 2 aromatic rings. The van der Waals surface area contributed by atoms with Crippen molar-refractivity contribution in [3.05, 3.63) is 33.3 Å². The summed E-state index contributed by atoms with van der Waals surface area (Å²) in [6, 6.07) is 1.08. The Morgan fingerprint density at radius 2 is 2.16 bits per heavy atom. The van der Waals surface area contributed by atoms with Gasteiger partial charge >= 0.3 is 5.97 Å². The Bertz CT molecular complexity index is 714. The Balaban J connectivity index is 2.37. The Labute approximate surface area is 120 Å². The number of nitrogens with zero attached hydrogens (tertiary/aromatic N) is 2. The largest absolute Gasteiger partial charge is 0.477 e. The minimum Gasteiger partial charge on any atom is -0.477 e. The molecule has 2 heterocycles. The van der Waals surface area contributed by atoms with Gasteiger partial charge in [0.15, 0.2) is 5.82 Å². The van der Waals surface area contributed by atoms with Crippen LogP contribution in [0.15, 0.2) is 33.3 Å². The average Bonchev–Trinajstić information content (AvgIpc) is 2.73. The molecule has 7 nitrogen and oxygen atoms in total. The molecule has 2 N–H and O–H groups in total. The summed E-state index contributed by atoms with van der Waals surface area (Å²) < 4.78 is 26.5. The van der Waals surface area contributed by atoms with E-state index in [2.05, 4.69) is 30.6 Å². The molecule has 0 aliphatic carbocycles. The number of hydrogen-bond acceptors (Lipinski definition) is 6. The van der Waals surface area contributed by atoms with E-state index < -0.39 is 16.0 Å². The first-order valence-electron chi connectivity index (χ1n) is 4.71. The van der Waals surface area contributed by atoms with Gasteiger partial charge < -0.3 is 5.11 Å². The van der Waals surface area contributed by atoms with E-state index in [1.165, 1.54) is 18.6 Å². The van der Waals surface area contributed by atoms with Crippen molar-refractivity contribution in [1.29, 1.82) is 0 Å². The molecule has 0 unspecified atom stereocenters. The van der Waals surface area contributed by atoms with Crippen molar-refractivity contribution in [2.75, 3.05) is 4.72 Å². The summed E-state index contributed by atoms with van der Waals surface area (Å²) in [6.07, 6.45) is 3.99. The summed E-state index contributed by atoms with van der Waals surface area (Å²) in [5, 5.41) is 8.83. The summed E-state index contributed by atoms with van der Waals surface area (Å²) in [7, 11) is -3.91. The van der Waals surface area contributed by atoms with Crippen LogP contribution in [0.1, 0.15) is 9.67 Å². The van der Waals surface area contributed by atoms with Crippen LogP contribution in [0.5, 0.6) is 0 Å². The summed E-state index contributed by atoms with van der Waals surface area (Å²) in [4.78, 5) is 18.1. The van der Waals surface area contributed by atoms with Gasteiger partial charge in [-0.25, -0.2) is 18.2 Å². The summed E-state index contributed by atoms with van der Waals surface area (Å²) in [6.45, 7) is 0. The molecule has 0 aliphatic rings. The van der Waals surface area contributed by atoms with Crippen molar-refractivity contribution in [3.63, 3.8) is 0 Å². The molecule has 0 saturated carbocycles. The lowest BCUT2D eigenvalue weighted by Crippen LogP contribution is -2.13. The SMILES string of the molecule is O=C(O)c1cc(S(=O)(=O)Nc2cnccn2)c(Br)s1. The van der Waals surface area contributed by atoms with Gasteiger partial charge in [0.05, 0.1) is 9.98 Å². The summed E-state index contributed by atoms with van der Waals surface area (Å²) in [5.41, 5.74) is 0. The van der Waals surface area contributed by atoms with Crippen molar-refractivity contribution >= 4 is 49.1 Å². The number of nitrogens with one attached hydrogen (secondary N) is 1. The van der Waals surface area contributed by atoms with E-state index in [4.69, 9.17) is 5.11 Å². The molecule has 0 fully saturated rings. The standard InChI is InChI=1S/C9H6BrN3O4S2/c10-8-6(3-5(18-8)9(14)15)19(16,17)13-7-4-11-1-2-12-7/h1-4H,(H,12,13)(H,14,15). The van der Waals surface area contributed by atoms with E-state index in [1.54, 1.807) is 0 Å². The Hall–Kier alpha value is -1.52. The van der Waals surface area contributed by atoms with E-state index in [0.717, 1.165) is 17.4 Å². The van der Waals surface area contributed by atoms with Crippen LogP contribution in [0.25, 0.3) is 0 Å². The lowest BCUT2D eigenvalue weighted by Gasteiger charge is -2.04. The van der Waals surface area contributed by atoms with Gasteiger partial charge in [-0.3, -0.25) is 9.71 Å². The molecule has 2 rings (SSSR count). The number of aromatic carboxylic acids is 1. The maximum atomic E-state index is 12.1. The zero-order valence-corrected chi connectivity index (χ0v) is 12.3. The van der Waals surface area contributed by atoms with Gasteiger partial charge in [-0.2, -0.15) is 0 Å². The second-order valence-corrected chi connectivity index (χ2v) is 7.27. The number of thiophene rings is 1. The van der Waals surface area contributed by atoms with Crippen molar-refractivity contribution in [2.24, 2.45) is 0 Å². The van der Waals surface area contributed by atoms with Crippen LogP contribution in [-0.2, 0) is 10.0 Å². The lowest BCUT2D eigenvalue weighted by molar-refractivity contribution is 0.0702. The first-order valence-corrected chi connectivity index (χ1v) is 7.81. The topological polar surface area (TPSA) is 109 Å². The second-order valence-electron chi connectivity index (χ2n) is 3.25. The smallest absolute Gasteiger partial charge is 0.345 e. The summed E-state index contributed by atoms with van der Waals surface area (Å²) in [5.74, 6) is -1.14. The molecular weight excluding hydrogens is 358 g/mol. The van der Waals surface area contributed by atoms with Crippen molar-refractivity contribution in [3.8, 4) is 0 Å². The quantitative estimate of drug-likeness (QED) is 0.856. The molecule has 19 heavy (non-hydrogen) atoms. The van der Waals surface area contributed by atoms with Crippen LogP contribution in [0, 0.1) is 0 Å².